The van der Waals surface area contributed by atoms with E-state index >= 15 is 0 Å². The van der Waals surface area contributed by atoms with Crippen LogP contribution in [0.3, 0.4) is 0 Å². The molecule has 0 radical (unpaired) electrons. The van der Waals surface area contributed by atoms with E-state index in [4.69, 9.17) is 0 Å². The van der Waals surface area contributed by atoms with E-state index in [0.717, 1.165) is 29.1 Å². The number of carbonyl (C=O) groups is 2. The maximum absolute atomic E-state index is 12.5. The van der Waals surface area contributed by atoms with Crippen LogP contribution in [0.2, 0.25) is 0 Å². The van der Waals surface area contributed by atoms with Crippen molar-refractivity contribution in [2.45, 2.75) is 51.0 Å². The third-order valence-electron chi connectivity index (χ3n) is 5.69. The molecule has 148 valence electrons. The summed E-state index contributed by atoms with van der Waals surface area (Å²) >= 11 is 1.59. The molecule has 0 spiro atoms. The fraction of sp³-hybridized carbons (Fsp3) is 0.524. The zero-order chi connectivity index (χ0) is 19.3. The Morgan fingerprint density at radius 3 is 2.93 bits per heavy atom. The standard InChI is InChI=1S/C21H26N4O2S/c26-19-11-16(13-25(19)18-6-2-1-3-7-18)20(27)23-10-8-17-14-28-21(24-17)15-5-4-9-22-12-15/h4-5,9,12,14,16,18H,1-3,6-8,10-11,13H2,(H,23,27). The van der Waals surface area contributed by atoms with Crippen LogP contribution in [-0.4, -0.2) is 45.8 Å². The van der Waals surface area contributed by atoms with Gasteiger partial charge in [0.2, 0.25) is 11.8 Å². The second-order valence-electron chi connectivity index (χ2n) is 7.67. The molecule has 3 heterocycles. The second kappa shape index (κ2) is 8.82. The average molecular weight is 399 g/mol. The normalized spacial score (nSPS) is 20.5. The number of rotatable bonds is 6. The molecule has 1 N–H and O–H groups in total. The van der Waals surface area contributed by atoms with Gasteiger partial charge in [-0.15, -0.1) is 11.3 Å². The minimum absolute atomic E-state index is 0.00521. The summed E-state index contributed by atoms with van der Waals surface area (Å²) < 4.78 is 0. The van der Waals surface area contributed by atoms with E-state index in [1.165, 1.54) is 19.3 Å². The number of amides is 2. The number of carbonyl (C=O) groups excluding carboxylic acids is 2. The Morgan fingerprint density at radius 2 is 2.14 bits per heavy atom. The van der Waals surface area contributed by atoms with Crippen LogP contribution < -0.4 is 5.32 Å². The van der Waals surface area contributed by atoms with Crippen molar-refractivity contribution in [2.24, 2.45) is 5.92 Å². The van der Waals surface area contributed by atoms with Gasteiger partial charge in [0.1, 0.15) is 5.01 Å². The zero-order valence-electron chi connectivity index (χ0n) is 16.0. The van der Waals surface area contributed by atoms with Gasteiger partial charge in [0.15, 0.2) is 0 Å². The van der Waals surface area contributed by atoms with Crippen molar-refractivity contribution in [1.82, 2.24) is 20.2 Å². The molecule has 1 unspecified atom stereocenters. The maximum Gasteiger partial charge on any atom is 0.225 e. The highest BCUT2D eigenvalue weighted by Gasteiger charge is 2.37. The summed E-state index contributed by atoms with van der Waals surface area (Å²) in [6.45, 7) is 1.13. The largest absolute Gasteiger partial charge is 0.355 e. The number of hydrogen-bond acceptors (Lipinski definition) is 5. The molecular weight excluding hydrogens is 372 g/mol. The Morgan fingerprint density at radius 1 is 1.29 bits per heavy atom. The molecule has 1 saturated heterocycles. The molecule has 1 aliphatic carbocycles. The van der Waals surface area contributed by atoms with Crippen LogP contribution >= 0.6 is 11.3 Å². The Hall–Kier alpha value is -2.28. The van der Waals surface area contributed by atoms with Gasteiger partial charge in [0.05, 0.1) is 11.6 Å². The Kier molecular flexibility index (Phi) is 6.00. The van der Waals surface area contributed by atoms with Crippen molar-refractivity contribution in [1.29, 1.82) is 0 Å². The van der Waals surface area contributed by atoms with Crippen LogP contribution in [0.5, 0.6) is 0 Å². The van der Waals surface area contributed by atoms with Crippen LogP contribution in [0.1, 0.15) is 44.2 Å². The topological polar surface area (TPSA) is 75.2 Å². The van der Waals surface area contributed by atoms with Crippen LogP contribution in [0.4, 0.5) is 0 Å². The van der Waals surface area contributed by atoms with E-state index in [9.17, 15) is 9.59 Å². The predicted octanol–water partition coefficient (Wildman–Crippen LogP) is 3.05. The van der Waals surface area contributed by atoms with Gasteiger partial charge in [-0.1, -0.05) is 19.3 Å². The van der Waals surface area contributed by atoms with Crippen molar-refractivity contribution in [3.63, 3.8) is 0 Å². The number of nitrogens with one attached hydrogen (secondary N) is 1. The summed E-state index contributed by atoms with van der Waals surface area (Å²) in [6, 6.07) is 4.24. The van der Waals surface area contributed by atoms with Gasteiger partial charge >= 0.3 is 0 Å². The molecule has 1 aliphatic heterocycles. The van der Waals surface area contributed by atoms with Crippen molar-refractivity contribution < 1.29 is 9.59 Å². The molecule has 0 bridgehead atoms. The number of nitrogens with zero attached hydrogens (tertiary/aromatic N) is 3. The summed E-state index contributed by atoms with van der Waals surface area (Å²) in [5, 5.41) is 5.97. The average Bonchev–Trinajstić information content (AvgIpc) is 3.36. The first kappa shape index (κ1) is 19.1. The maximum atomic E-state index is 12.5. The van der Waals surface area contributed by atoms with Crippen molar-refractivity contribution in [2.75, 3.05) is 13.1 Å². The van der Waals surface area contributed by atoms with E-state index in [2.05, 4.69) is 15.3 Å². The summed E-state index contributed by atoms with van der Waals surface area (Å²) in [5.74, 6) is -0.0714. The van der Waals surface area contributed by atoms with E-state index in [1.54, 1.807) is 23.7 Å². The number of hydrogen-bond donors (Lipinski definition) is 1. The van der Waals surface area contributed by atoms with Crippen LogP contribution in [0.15, 0.2) is 29.9 Å². The van der Waals surface area contributed by atoms with Gasteiger partial charge in [0, 0.05) is 55.3 Å². The Labute approximate surface area is 169 Å². The lowest BCUT2D eigenvalue weighted by Crippen LogP contribution is -2.39. The van der Waals surface area contributed by atoms with Crippen LogP contribution in [-0.2, 0) is 16.0 Å². The summed E-state index contributed by atoms with van der Waals surface area (Å²) in [6.07, 6.45) is 10.4. The molecule has 0 aromatic carbocycles. The van der Waals surface area contributed by atoms with Crippen molar-refractivity contribution in [3.05, 3.63) is 35.6 Å². The van der Waals surface area contributed by atoms with Crippen molar-refractivity contribution in [3.8, 4) is 10.6 Å². The van der Waals surface area contributed by atoms with Gasteiger partial charge < -0.3 is 10.2 Å². The first-order chi connectivity index (χ1) is 13.7. The van der Waals surface area contributed by atoms with Gasteiger partial charge in [-0.25, -0.2) is 4.98 Å². The summed E-state index contributed by atoms with van der Waals surface area (Å²) in [5.41, 5.74) is 1.98. The number of likely N-dealkylation sites (tertiary alicyclic amines) is 1. The molecule has 2 amide bonds. The van der Waals surface area contributed by atoms with E-state index in [-0.39, 0.29) is 17.7 Å². The lowest BCUT2D eigenvalue weighted by molar-refractivity contribution is -0.130. The quantitative estimate of drug-likeness (QED) is 0.812. The molecular formula is C21H26N4O2S. The number of thiazole rings is 1. The molecule has 2 aromatic rings. The molecule has 6 nitrogen and oxygen atoms in total. The highest BCUT2D eigenvalue weighted by molar-refractivity contribution is 7.13. The molecule has 2 aromatic heterocycles. The van der Waals surface area contributed by atoms with Crippen molar-refractivity contribution >= 4 is 23.2 Å². The molecule has 2 fully saturated rings. The fourth-order valence-corrected chi connectivity index (χ4v) is 5.00. The third-order valence-corrected chi connectivity index (χ3v) is 6.63. The molecule has 7 heteroatoms. The lowest BCUT2D eigenvalue weighted by atomic mass is 9.94. The monoisotopic (exact) mass is 398 g/mol. The van der Waals surface area contributed by atoms with Gasteiger partial charge in [-0.05, 0) is 25.0 Å². The van der Waals surface area contributed by atoms with Crippen LogP contribution in [0.25, 0.3) is 10.6 Å². The van der Waals surface area contributed by atoms with E-state index in [1.807, 2.05) is 22.4 Å². The molecule has 4 rings (SSSR count). The number of pyridine rings is 1. The number of aromatic nitrogens is 2. The SMILES string of the molecule is O=C(NCCc1csc(-c2cccnc2)n1)C1CC(=O)N(C2CCCCC2)C1. The van der Waals surface area contributed by atoms with Gasteiger partial charge in [-0.2, -0.15) is 0 Å². The lowest BCUT2D eigenvalue weighted by Gasteiger charge is -2.31. The molecule has 28 heavy (non-hydrogen) atoms. The van der Waals surface area contributed by atoms with Gasteiger partial charge in [0.25, 0.3) is 0 Å². The minimum atomic E-state index is -0.212. The first-order valence-electron chi connectivity index (χ1n) is 10.1. The summed E-state index contributed by atoms with van der Waals surface area (Å²) in [7, 11) is 0. The Balaban J connectivity index is 1.25. The minimum Gasteiger partial charge on any atom is -0.355 e. The predicted molar refractivity (Wildman–Crippen MR) is 109 cm³/mol. The highest BCUT2D eigenvalue weighted by Crippen LogP contribution is 2.28. The molecule has 2 aliphatic rings. The summed E-state index contributed by atoms with van der Waals surface area (Å²) in [4.78, 5) is 35.6. The Bertz CT molecular complexity index is 817. The smallest absolute Gasteiger partial charge is 0.225 e. The van der Waals surface area contributed by atoms with Gasteiger partial charge in [-0.3, -0.25) is 14.6 Å². The second-order valence-corrected chi connectivity index (χ2v) is 8.52. The third kappa shape index (κ3) is 4.41. The molecule has 1 atom stereocenters. The van der Waals surface area contributed by atoms with E-state index in [0.29, 0.717) is 32.0 Å². The zero-order valence-corrected chi connectivity index (χ0v) is 16.8. The fourth-order valence-electron chi connectivity index (χ4n) is 4.15. The first-order valence-corrected chi connectivity index (χ1v) is 11.0. The molecule has 1 saturated carbocycles. The highest BCUT2D eigenvalue weighted by atomic mass is 32.1. The van der Waals surface area contributed by atoms with E-state index < -0.39 is 0 Å². The van der Waals surface area contributed by atoms with Crippen LogP contribution in [0, 0.1) is 5.92 Å².